The van der Waals surface area contributed by atoms with E-state index in [1.807, 2.05) is 0 Å². The van der Waals surface area contributed by atoms with Gasteiger partial charge in [0.15, 0.2) is 6.29 Å². The Morgan fingerprint density at radius 2 is 1.09 bits per heavy atom. The second kappa shape index (κ2) is 29.4. The van der Waals surface area contributed by atoms with Crippen LogP contribution in [0.3, 0.4) is 0 Å². The molecule has 0 saturated carbocycles. The predicted molar refractivity (Wildman–Crippen MR) is 183 cm³/mol. The van der Waals surface area contributed by atoms with Gasteiger partial charge in [-0.15, -0.1) is 0 Å². The van der Waals surface area contributed by atoms with Gasteiger partial charge in [-0.05, 0) is 12.8 Å². The number of nitrogens with one attached hydrogen (secondary N) is 1. The fourth-order valence-electron chi connectivity index (χ4n) is 6.17. The van der Waals surface area contributed by atoms with Crippen LogP contribution in [0.25, 0.3) is 0 Å². The Bertz CT molecular complexity index is 667. The first-order valence-corrected chi connectivity index (χ1v) is 19.2. The minimum Gasteiger partial charge on any atom is -0.391 e. The Hall–Kier alpha value is -0.770. The molecular formula is C37H73NO7. The lowest BCUT2D eigenvalue weighted by Crippen LogP contribution is -2.55. The summed E-state index contributed by atoms with van der Waals surface area (Å²) >= 11 is 0. The van der Waals surface area contributed by atoms with Crippen molar-refractivity contribution in [3.8, 4) is 0 Å². The third-order valence-electron chi connectivity index (χ3n) is 9.32. The van der Waals surface area contributed by atoms with Crippen molar-refractivity contribution in [3.05, 3.63) is 0 Å². The highest BCUT2D eigenvalue weighted by atomic mass is 16.7. The van der Waals surface area contributed by atoms with Crippen LogP contribution >= 0.6 is 0 Å². The van der Waals surface area contributed by atoms with E-state index in [1.54, 1.807) is 0 Å². The van der Waals surface area contributed by atoms with Gasteiger partial charge in [-0.1, -0.05) is 162 Å². The van der Waals surface area contributed by atoms with Crippen molar-refractivity contribution >= 4 is 5.91 Å². The number of carbonyl (C=O) groups excluding carboxylic acids is 1. The number of carbonyl (C=O) groups is 1. The lowest BCUT2D eigenvalue weighted by molar-refractivity contribution is -0.272. The highest BCUT2D eigenvalue weighted by molar-refractivity contribution is 5.76. The van der Waals surface area contributed by atoms with Crippen LogP contribution in [0.4, 0.5) is 0 Å². The van der Waals surface area contributed by atoms with E-state index in [2.05, 4.69) is 19.2 Å². The van der Waals surface area contributed by atoms with Crippen molar-refractivity contribution in [3.63, 3.8) is 0 Å². The van der Waals surface area contributed by atoms with E-state index >= 15 is 0 Å². The third-order valence-corrected chi connectivity index (χ3v) is 9.32. The molecule has 1 rings (SSSR count). The van der Waals surface area contributed by atoms with E-state index in [9.17, 15) is 25.2 Å². The summed E-state index contributed by atoms with van der Waals surface area (Å²) < 4.78 is 11.1. The van der Waals surface area contributed by atoms with Crippen LogP contribution in [0, 0.1) is 0 Å². The molecule has 8 heteroatoms. The fraction of sp³-hybridized carbons (Fsp3) is 0.973. The van der Waals surface area contributed by atoms with Crippen LogP contribution < -0.4 is 5.32 Å². The number of unbranched alkanes of at least 4 members (excludes halogenated alkanes) is 22. The molecule has 0 aromatic carbocycles. The van der Waals surface area contributed by atoms with Gasteiger partial charge in [0.05, 0.1) is 25.4 Å². The van der Waals surface area contributed by atoms with Crippen molar-refractivity contribution in [1.82, 2.24) is 5.32 Å². The molecule has 0 aromatic heterocycles. The van der Waals surface area contributed by atoms with Crippen LogP contribution in [0.1, 0.15) is 181 Å². The lowest BCUT2D eigenvalue weighted by Gasteiger charge is -2.36. The molecule has 0 aliphatic carbocycles. The topological polar surface area (TPSA) is 128 Å². The van der Waals surface area contributed by atoms with Crippen molar-refractivity contribution in [1.29, 1.82) is 0 Å². The predicted octanol–water partition coefficient (Wildman–Crippen LogP) is 7.47. The van der Waals surface area contributed by atoms with Gasteiger partial charge in [0.1, 0.15) is 18.3 Å². The van der Waals surface area contributed by atoms with Gasteiger partial charge in [-0.25, -0.2) is 0 Å². The van der Waals surface area contributed by atoms with Gasteiger partial charge in [-0.2, -0.15) is 0 Å². The quantitative estimate of drug-likeness (QED) is 0.0496. The van der Waals surface area contributed by atoms with E-state index in [-0.39, 0.29) is 19.1 Å². The van der Waals surface area contributed by atoms with Crippen LogP contribution in [-0.4, -0.2) is 76.3 Å². The van der Waals surface area contributed by atoms with Gasteiger partial charge in [-0.3, -0.25) is 4.79 Å². The smallest absolute Gasteiger partial charge is 0.220 e. The zero-order chi connectivity index (χ0) is 33.0. The first kappa shape index (κ1) is 42.3. The Balaban J connectivity index is 2.32. The molecular weight excluding hydrogens is 570 g/mol. The normalized spacial score (nSPS) is 21.6. The minimum absolute atomic E-state index is 0.0475. The van der Waals surface area contributed by atoms with E-state index in [0.29, 0.717) is 12.8 Å². The highest BCUT2D eigenvalue weighted by Gasteiger charge is 2.38. The number of aliphatic hydroxyl groups excluding tert-OH is 4. The molecule has 0 unspecified atom stereocenters. The Morgan fingerprint density at radius 1 is 0.667 bits per heavy atom. The van der Waals surface area contributed by atoms with E-state index in [1.165, 1.54) is 116 Å². The maximum absolute atomic E-state index is 12.8. The van der Waals surface area contributed by atoms with Crippen LogP contribution in [-0.2, 0) is 14.3 Å². The Labute approximate surface area is 276 Å². The molecule has 1 fully saturated rings. The maximum Gasteiger partial charge on any atom is 0.220 e. The summed E-state index contributed by atoms with van der Waals surface area (Å²) in [4.78, 5) is 12.8. The molecule has 0 bridgehead atoms. The van der Waals surface area contributed by atoms with Gasteiger partial charge >= 0.3 is 0 Å². The Kier molecular flexibility index (Phi) is 27.6. The summed E-state index contributed by atoms with van der Waals surface area (Å²) in [7, 11) is 0. The number of aliphatic hydroxyl groups is 4. The summed E-state index contributed by atoms with van der Waals surface area (Å²) in [5.41, 5.74) is 0. The first-order chi connectivity index (χ1) is 21.9. The summed E-state index contributed by atoms with van der Waals surface area (Å²) in [5.74, 6) is -0.107. The first-order valence-electron chi connectivity index (χ1n) is 19.2. The van der Waals surface area contributed by atoms with Gasteiger partial charge < -0.3 is 35.2 Å². The average molecular weight is 644 g/mol. The van der Waals surface area contributed by atoms with Crippen LogP contribution in [0.5, 0.6) is 0 Å². The van der Waals surface area contributed by atoms with Crippen molar-refractivity contribution < 1.29 is 34.7 Å². The lowest BCUT2D eigenvalue weighted by atomic mass is 10.0. The summed E-state index contributed by atoms with van der Waals surface area (Å²) in [6.07, 6.45) is 24.9. The van der Waals surface area contributed by atoms with Crippen molar-refractivity contribution in [2.24, 2.45) is 0 Å². The zero-order valence-corrected chi connectivity index (χ0v) is 29.3. The van der Waals surface area contributed by atoms with E-state index < -0.39 is 36.7 Å². The second-order valence-corrected chi connectivity index (χ2v) is 13.6. The fourth-order valence-corrected chi connectivity index (χ4v) is 6.17. The van der Waals surface area contributed by atoms with E-state index in [0.717, 1.165) is 38.5 Å². The number of rotatable bonds is 31. The zero-order valence-electron chi connectivity index (χ0n) is 29.3. The summed E-state index contributed by atoms with van der Waals surface area (Å²) in [6.45, 7) is 4.30. The molecule has 1 amide bonds. The number of hydrogen-bond donors (Lipinski definition) is 5. The number of amides is 1. The summed E-state index contributed by atoms with van der Waals surface area (Å²) in [6, 6.07) is -0.637. The third kappa shape index (κ3) is 22.4. The molecule has 268 valence electrons. The standard InChI is InChI=1S/C37H73NO7/c1-3-5-7-9-11-13-15-16-18-19-21-23-25-27-32(39)31(29-44-37-36(43)35(42)33(40)30-45-37)38-34(41)28-26-24-22-20-17-14-12-10-8-6-4-2/h31-33,35-37,39-40,42-43H,3-30H2,1-2H3,(H,38,41)/t31-,32+,33-,35-,36+,37-/m0/s1. The SMILES string of the molecule is CCCCCCCCCCCCCCC[C@@H](O)[C@H](CO[C@H]1OC[C@H](O)[C@H](O)[C@H]1O)NC(=O)CCCCCCCCCCCCC. The molecule has 1 heterocycles. The molecule has 8 nitrogen and oxygen atoms in total. The van der Waals surface area contributed by atoms with Gasteiger partial charge in [0.25, 0.3) is 0 Å². The maximum atomic E-state index is 12.8. The molecule has 0 spiro atoms. The molecule has 5 N–H and O–H groups in total. The molecule has 45 heavy (non-hydrogen) atoms. The van der Waals surface area contributed by atoms with Crippen molar-refractivity contribution in [2.75, 3.05) is 13.2 Å². The molecule has 1 aliphatic heterocycles. The van der Waals surface area contributed by atoms with E-state index in [4.69, 9.17) is 9.47 Å². The van der Waals surface area contributed by atoms with Gasteiger partial charge in [0.2, 0.25) is 5.91 Å². The summed E-state index contributed by atoms with van der Waals surface area (Å²) in [5, 5.41) is 43.9. The van der Waals surface area contributed by atoms with Gasteiger partial charge in [0, 0.05) is 6.42 Å². The minimum atomic E-state index is -1.40. The highest BCUT2D eigenvalue weighted by Crippen LogP contribution is 2.19. The molecule has 1 aliphatic rings. The molecule has 0 radical (unpaired) electrons. The number of hydrogen-bond acceptors (Lipinski definition) is 7. The number of ether oxygens (including phenoxy) is 2. The largest absolute Gasteiger partial charge is 0.391 e. The second-order valence-electron chi connectivity index (χ2n) is 13.6. The monoisotopic (exact) mass is 644 g/mol. The molecule has 0 aromatic rings. The van der Waals surface area contributed by atoms with Crippen LogP contribution in [0.15, 0.2) is 0 Å². The van der Waals surface area contributed by atoms with Crippen molar-refractivity contribution in [2.45, 2.75) is 218 Å². The van der Waals surface area contributed by atoms with Crippen LogP contribution in [0.2, 0.25) is 0 Å². The molecule has 6 atom stereocenters. The molecule has 1 saturated heterocycles. The average Bonchev–Trinajstić information content (AvgIpc) is 3.03. The Morgan fingerprint density at radius 3 is 1.56 bits per heavy atom.